The average Bonchev–Trinajstić information content (AvgIpc) is 2.79. The van der Waals surface area contributed by atoms with E-state index >= 15 is 0 Å². The third-order valence-corrected chi connectivity index (χ3v) is 4.49. The lowest BCUT2D eigenvalue weighted by molar-refractivity contribution is 0.0598. The Kier molecular flexibility index (Phi) is 6.09. The summed E-state index contributed by atoms with van der Waals surface area (Å²) in [6.45, 7) is 0. The molecule has 0 saturated carbocycles. The average molecular weight is 386 g/mol. The first-order valence-corrected chi connectivity index (χ1v) is 8.94. The molecule has 0 atom stereocenters. The van der Waals surface area contributed by atoms with Crippen molar-refractivity contribution in [2.24, 2.45) is 5.92 Å². The number of ketones is 3. The number of hydrogen-bond donors (Lipinski definition) is 0. The van der Waals surface area contributed by atoms with Gasteiger partial charge in [-0.1, -0.05) is 72.8 Å². The summed E-state index contributed by atoms with van der Waals surface area (Å²) >= 11 is 0. The first kappa shape index (κ1) is 19.9. The van der Waals surface area contributed by atoms with E-state index in [9.17, 15) is 19.2 Å². The van der Waals surface area contributed by atoms with Crippen molar-refractivity contribution in [3.8, 4) is 0 Å². The van der Waals surface area contributed by atoms with E-state index in [0.29, 0.717) is 0 Å². The predicted molar refractivity (Wildman–Crippen MR) is 107 cm³/mol. The Morgan fingerprint density at radius 2 is 0.897 bits per heavy atom. The number of esters is 1. The highest BCUT2D eigenvalue weighted by molar-refractivity contribution is 6.31. The van der Waals surface area contributed by atoms with E-state index in [1.807, 2.05) is 0 Å². The van der Waals surface area contributed by atoms with Gasteiger partial charge in [0.05, 0.1) is 12.7 Å². The molecule has 3 aromatic rings. The predicted octanol–water partition coefficient (Wildman–Crippen LogP) is 4.04. The van der Waals surface area contributed by atoms with Crippen LogP contribution in [0.1, 0.15) is 41.4 Å². The van der Waals surface area contributed by atoms with Crippen molar-refractivity contribution in [1.82, 2.24) is 0 Å². The van der Waals surface area contributed by atoms with Crippen LogP contribution in [0, 0.1) is 5.92 Å². The van der Waals surface area contributed by atoms with Crippen LogP contribution < -0.4 is 0 Å². The molecule has 5 nitrogen and oxygen atoms in total. The number of ether oxygens (including phenoxy) is 1. The number of Topliss-reactive ketones (excluding diaryl/α,β-unsaturated/α-hetero) is 3. The number of methoxy groups -OCH3 is 1. The van der Waals surface area contributed by atoms with E-state index in [2.05, 4.69) is 4.74 Å². The molecule has 3 aromatic carbocycles. The number of rotatable bonds is 7. The number of benzene rings is 3. The molecule has 0 unspecified atom stereocenters. The van der Waals surface area contributed by atoms with Gasteiger partial charge in [-0.2, -0.15) is 0 Å². The highest BCUT2D eigenvalue weighted by atomic mass is 16.5. The minimum atomic E-state index is -1.51. The van der Waals surface area contributed by atoms with E-state index < -0.39 is 29.2 Å². The minimum Gasteiger partial charge on any atom is -0.465 e. The van der Waals surface area contributed by atoms with Crippen LogP contribution in [0.4, 0.5) is 0 Å². The van der Waals surface area contributed by atoms with Crippen molar-refractivity contribution < 1.29 is 23.9 Å². The first-order chi connectivity index (χ1) is 14.0. The van der Waals surface area contributed by atoms with Gasteiger partial charge in [0.25, 0.3) is 0 Å². The van der Waals surface area contributed by atoms with Crippen molar-refractivity contribution in [2.45, 2.75) is 0 Å². The molecule has 144 valence electrons. The highest BCUT2D eigenvalue weighted by Crippen LogP contribution is 2.21. The van der Waals surface area contributed by atoms with Gasteiger partial charge in [0.2, 0.25) is 0 Å². The van der Waals surface area contributed by atoms with Crippen LogP contribution in [-0.4, -0.2) is 30.4 Å². The fraction of sp³-hybridized carbons (Fsp3) is 0.0833. The summed E-state index contributed by atoms with van der Waals surface area (Å²) in [5.41, 5.74) is 0.989. The SMILES string of the molecule is COC(=O)c1ccc(C(=O)C(C(=O)c2ccccc2)C(=O)c2ccccc2)cc1. The quantitative estimate of drug-likeness (QED) is 0.348. The zero-order valence-corrected chi connectivity index (χ0v) is 15.7. The van der Waals surface area contributed by atoms with Crippen LogP contribution in [0.2, 0.25) is 0 Å². The van der Waals surface area contributed by atoms with Gasteiger partial charge in [-0.15, -0.1) is 0 Å². The molecule has 0 aliphatic heterocycles. The third-order valence-electron chi connectivity index (χ3n) is 4.49. The van der Waals surface area contributed by atoms with Crippen molar-refractivity contribution in [1.29, 1.82) is 0 Å². The van der Waals surface area contributed by atoms with E-state index in [1.54, 1.807) is 60.7 Å². The molecular weight excluding hydrogens is 368 g/mol. The normalized spacial score (nSPS) is 10.4. The second-order valence-electron chi connectivity index (χ2n) is 6.33. The summed E-state index contributed by atoms with van der Waals surface area (Å²) in [6, 6.07) is 22.2. The molecule has 0 aromatic heterocycles. The number of carbonyl (C=O) groups excluding carboxylic acids is 4. The van der Waals surface area contributed by atoms with Gasteiger partial charge in [-0.25, -0.2) is 4.79 Å². The van der Waals surface area contributed by atoms with Gasteiger partial charge in [0.15, 0.2) is 17.3 Å². The van der Waals surface area contributed by atoms with Gasteiger partial charge in [-0.3, -0.25) is 14.4 Å². The van der Waals surface area contributed by atoms with E-state index in [4.69, 9.17) is 0 Å². The largest absolute Gasteiger partial charge is 0.465 e. The van der Waals surface area contributed by atoms with Crippen LogP contribution in [-0.2, 0) is 4.74 Å². The van der Waals surface area contributed by atoms with Crippen molar-refractivity contribution in [3.05, 3.63) is 107 Å². The van der Waals surface area contributed by atoms with Gasteiger partial charge in [0, 0.05) is 16.7 Å². The van der Waals surface area contributed by atoms with Crippen LogP contribution in [0.5, 0.6) is 0 Å². The Morgan fingerprint density at radius 3 is 1.28 bits per heavy atom. The lowest BCUT2D eigenvalue weighted by Crippen LogP contribution is -2.32. The Labute approximate surface area is 167 Å². The monoisotopic (exact) mass is 386 g/mol. The van der Waals surface area contributed by atoms with Crippen molar-refractivity contribution in [2.75, 3.05) is 7.11 Å². The molecule has 0 aliphatic rings. The maximum absolute atomic E-state index is 13.2. The molecule has 0 amide bonds. The van der Waals surface area contributed by atoms with Crippen molar-refractivity contribution in [3.63, 3.8) is 0 Å². The van der Waals surface area contributed by atoms with Crippen LogP contribution in [0.25, 0.3) is 0 Å². The smallest absolute Gasteiger partial charge is 0.337 e. The van der Waals surface area contributed by atoms with Crippen LogP contribution in [0.15, 0.2) is 84.9 Å². The summed E-state index contributed by atoms with van der Waals surface area (Å²) in [7, 11) is 1.26. The first-order valence-electron chi connectivity index (χ1n) is 8.94. The highest BCUT2D eigenvalue weighted by Gasteiger charge is 2.35. The Balaban J connectivity index is 2.00. The standard InChI is InChI=1S/C24H18O5/c1-29-24(28)19-14-12-18(13-15-19)23(27)20(21(25)16-8-4-2-5-9-16)22(26)17-10-6-3-7-11-17/h2-15,20H,1H3. The van der Waals surface area contributed by atoms with Gasteiger partial charge in [-0.05, 0) is 12.1 Å². The molecular formula is C24H18O5. The molecule has 0 N–H and O–H groups in total. The second-order valence-corrected chi connectivity index (χ2v) is 6.33. The second kappa shape index (κ2) is 8.89. The molecule has 0 spiro atoms. The molecule has 0 saturated heterocycles. The molecule has 0 bridgehead atoms. The summed E-state index contributed by atoms with van der Waals surface area (Å²) < 4.78 is 4.64. The Hall–Kier alpha value is -3.86. The summed E-state index contributed by atoms with van der Waals surface area (Å²) in [6.07, 6.45) is 0. The molecule has 3 rings (SSSR count). The lowest BCUT2D eigenvalue weighted by atomic mass is 9.84. The zero-order valence-electron chi connectivity index (χ0n) is 15.7. The number of carbonyl (C=O) groups is 4. The molecule has 29 heavy (non-hydrogen) atoms. The molecule has 5 heteroatoms. The van der Waals surface area contributed by atoms with E-state index in [0.717, 1.165) is 0 Å². The fourth-order valence-electron chi connectivity index (χ4n) is 2.95. The molecule has 0 heterocycles. The summed E-state index contributed by atoms with van der Waals surface area (Å²) in [4.78, 5) is 50.9. The van der Waals surface area contributed by atoms with Gasteiger partial charge < -0.3 is 4.74 Å². The maximum Gasteiger partial charge on any atom is 0.337 e. The van der Waals surface area contributed by atoms with Crippen LogP contribution in [0.3, 0.4) is 0 Å². The zero-order chi connectivity index (χ0) is 20.8. The van der Waals surface area contributed by atoms with Crippen molar-refractivity contribution >= 4 is 23.3 Å². The van der Waals surface area contributed by atoms with Crippen LogP contribution >= 0.6 is 0 Å². The lowest BCUT2D eigenvalue weighted by Gasteiger charge is -2.14. The van der Waals surface area contributed by atoms with E-state index in [-0.39, 0.29) is 22.3 Å². The number of hydrogen-bond acceptors (Lipinski definition) is 5. The molecule has 0 fully saturated rings. The summed E-state index contributed by atoms with van der Waals surface area (Å²) in [5.74, 6) is -3.81. The summed E-state index contributed by atoms with van der Waals surface area (Å²) in [5, 5.41) is 0. The maximum atomic E-state index is 13.2. The molecule has 0 radical (unpaired) electrons. The molecule has 0 aliphatic carbocycles. The van der Waals surface area contributed by atoms with Gasteiger partial charge in [0.1, 0.15) is 5.92 Å². The minimum absolute atomic E-state index is 0.163. The van der Waals surface area contributed by atoms with E-state index in [1.165, 1.54) is 31.4 Å². The topological polar surface area (TPSA) is 77.5 Å². The Morgan fingerprint density at radius 1 is 0.552 bits per heavy atom. The third kappa shape index (κ3) is 4.35. The van der Waals surface area contributed by atoms with Gasteiger partial charge >= 0.3 is 5.97 Å². The fourth-order valence-corrected chi connectivity index (χ4v) is 2.95. The Bertz CT molecular complexity index is 986.